The summed E-state index contributed by atoms with van der Waals surface area (Å²) in [5, 5.41) is 4.11. The molecule has 6 nitrogen and oxygen atoms in total. The van der Waals surface area contributed by atoms with E-state index in [-0.39, 0.29) is 22.8 Å². The van der Waals surface area contributed by atoms with Gasteiger partial charge in [0, 0.05) is 25.8 Å². The summed E-state index contributed by atoms with van der Waals surface area (Å²) >= 11 is 1.36. The molecule has 1 aromatic carbocycles. The number of fused-ring (bicyclic) bond motifs is 1. The van der Waals surface area contributed by atoms with E-state index in [2.05, 4.69) is 19.2 Å². The van der Waals surface area contributed by atoms with Crippen LogP contribution in [-0.4, -0.2) is 40.0 Å². The average molecular weight is 446 g/mol. The number of amides is 1. The summed E-state index contributed by atoms with van der Waals surface area (Å²) in [6.45, 7) is 10.1. The van der Waals surface area contributed by atoms with E-state index in [4.69, 9.17) is 9.72 Å². The number of nitrogens with one attached hydrogen (secondary N) is 1. The number of carbonyl (C=O) groups excluding carboxylic acids is 1. The van der Waals surface area contributed by atoms with Gasteiger partial charge in [-0.05, 0) is 50.7 Å². The molecule has 3 rings (SSSR count). The van der Waals surface area contributed by atoms with Crippen molar-refractivity contribution in [3.63, 3.8) is 0 Å². The number of carbonyl (C=O) groups is 1. The minimum absolute atomic E-state index is 0.0132. The van der Waals surface area contributed by atoms with Gasteiger partial charge in [0.1, 0.15) is 0 Å². The molecule has 31 heavy (non-hydrogen) atoms. The van der Waals surface area contributed by atoms with Crippen LogP contribution in [0.25, 0.3) is 10.9 Å². The Hall–Kier alpha value is -1.86. The molecular formula is C24H35N3O3S. The number of hydrogen-bond acceptors (Lipinski definition) is 5. The second-order valence-corrected chi connectivity index (χ2v) is 9.87. The Bertz CT molecular complexity index is 945. The molecule has 1 amide bonds. The van der Waals surface area contributed by atoms with Gasteiger partial charge < -0.3 is 10.1 Å². The maximum Gasteiger partial charge on any atom is 0.262 e. The molecule has 1 aliphatic carbocycles. The highest BCUT2D eigenvalue weighted by molar-refractivity contribution is 8.00. The normalized spacial score (nSPS) is 22.4. The summed E-state index contributed by atoms with van der Waals surface area (Å²) in [5.74, 6) is 1.12. The van der Waals surface area contributed by atoms with Gasteiger partial charge in [-0.2, -0.15) is 0 Å². The molecule has 0 spiro atoms. The molecule has 4 unspecified atom stereocenters. The van der Waals surface area contributed by atoms with Crippen molar-refractivity contribution >= 4 is 28.6 Å². The van der Waals surface area contributed by atoms with Crippen LogP contribution in [0.15, 0.2) is 34.2 Å². The molecule has 7 heteroatoms. The Labute approximate surface area is 189 Å². The number of hydrogen-bond donors (Lipinski definition) is 1. The first kappa shape index (κ1) is 23.8. The molecule has 0 aliphatic heterocycles. The molecule has 1 fully saturated rings. The van der Waals surface area contributed by atoms with Crippen LogP contribution < -0.4 is 10.9 Å². The summed E-state index contributed by atoms with van der Waals surface area (Å²) in [5.41, 5.74) is 0.602. The third kappa shape index (κ3) is 5.89. The molecular weight excluding hydrogens is 410 g/mol. The van der Waals surface area contributed by atoms with Crippen molar-refractivity contribution in [1.82, 2.24) is 14.9 Å². The second-order valence-electron chi connectivity index (χ2n) is 8.56. The zero-order valence-electron chi connectivity index (χ0n) is 19.1. The number of rotatable bonds is 9. The number of benzene rings is 1. The van der Waals surface area contributed by atoms with Gasteiger partial charge in [0.15, 0.2) is 5.16 Å². The smallest absolute Gasteiger partial charge is 0.262 e. The molecule has 1 aromatic heterocycles. The summed E-state index contributed by atoms with van der Waals surface area (Å²) < 4.78 is 7.13. The fourth-order valence-electron chi connectivity index (χ4n) is 4.20. The highest BCUT2D eigenvalue weighted by Crippen LogP contribution is 2.30. The molecule has 4 atom stereocenters. The van der Waals surface area contributed by atoms with Crippen molar-refractivity contribution in [2.45, 2.75) is 76.4 Å². The Morgan fingerprint density at radius 3 is 2.87 bits per heavy atom. The summed E-state index contributed by atoms with van der Waals surface area (Å²) in [4.78, 5) is 30.8. The van der Waals surface area contributed by atoms with E-state index < -0.39 is 0 Å². The standard InChI is InChI=1S/C24H35N3O3S/c1-5-30-15-9-14-27-23(29)19-11-6-7-12-21(19)26-24(27)31-18(4)22(28)25-20-13-8-10-16(2)17(20)3/h6-7,11-12,16-18,20H,5,8-10,13-15H2,1-4H3,(H,25,28). The van der Waals surface area contributed by atoms with E-state index in [1.165, 1.54) is 18.2 Å². The number of ether oxygens (including phenoxy) is 1. The SMILES string of the molecule is CCOCCCn1c(SC(C)C(=O)NC2CCCC(C)C2C)nc2ccccc2c1=O. The minimum Gasteiger partial charge on any atom is -0.382 e. The quantitative estimate of drug-likeness (QED) is 0.355. The van der Waals surface area contributed by atoms with Crippen LogP contribution in [0.4, 0.5) is 0 Å². The molecule has 0 saturated heterocycles. The van der Waals surface area contributed by atoms with Crippen molar-refractivity contribution in [3.8, 4) is 0 Å². The molecule has 1 N–H and O–H groups in total. The van der Waals surface area contributed by atoms with Crippen molar-refractivity contribution in [3.05, 3.63) is 34.6 Å². The molecule has 2 aromatic rings. The van der Waals surface area contributed by atoms with Crippen LogP contribution in [0.3, 0.4) is 0 Å². The van der Waals surface area contributed by atoms with Crippen molar-refractivity contribution in [1.29, 1.82) is 0 Å². The van der Waals surface area contributed by atoms with Gasteiger partial charge in [0.25, 0.3) is 5.56 Å². The summed E-state index contributed by atoms with van der Waals surface area (Å²) in [6, 6.07) is 7.61. The topological polar surface area (TPSA) is 73.2 Å². The Morgan fingerprint density at radius 1 is 1.32 bits per heavy atom. The van der Waals surface area contributed by atoms with Crippen molar-refractivity contribution in [2.24, 2.45) is 11.8 Å². The first-order valence-electron chi connectivity index (χ1n) is 11.5. The monoisotopic (exact) mass is 445 g/mol. The van der Waals surface area contributed by atoms with Crippen molar-refractivity contribution < 1.29 is 9.53 Å². The van der Waals surface area contributed by atoms with E-state index >= 15 is 0 Å². The highest BCUT2D eigenvalue weighted by atomic mass is 32.2. The van der Waals surface area contributed by atoms with Gasteiger partial charge in [-0.25, -0.2) is 4.98 Å². The Balaban J connectivity index is 1.78. The predicted molar refractivity (Wildman–Crippen MR) is 127 cm³/mol. The largest absolute Gasteiger partial charge is 0.382 e. The van der Waals surface area contributed by atoms with E-state index in [9.17, 15) is 9.59 Å². The first-order valence-corrected chi connectivity index (χ1v) is 12.3. The molecule has 0 radical (unpaired) electrons. The predicted octanol–water partition coefficient (Wildman–Crippen LogP) is 4.24. The van der Waals surface area contributed by atoms with Crippen molar-refractivity contribution in [2.75, 3.05) is 13.2 Å². The molecule has 170 valence electrons. The highest BCUT2D eigenvalue weighted by Gasteiger charge is 2.30. The Morgan fingerprint density at radius 2 is 2.10 bits per heavy atom. The minimum atomic E-state index is -0.337. The van der Waals surface area contributed by atoms with Crippen LogP contribution in [0.5, 0.6) is 0 Å². The Kier molecular flexibility index (Phi) is 8.55. The fourth-order valence-corrected chi connectivity index (χ4v) is 5.15. The van der Waals surface area contributed by atoms with E-state index in [0.717, 1.165) is 19.3 Å². The lowest BCUT2D eigenvalue weighted by Gasteiger charge is -2.35. The second kappa shape index (κ2) is 11.1. The van der Waals surface area contributed by atoms with Gasteiger partial charge in [0.05, 0.1) is 16.2 Å². The fraction of sp³-hybridized carbons (Fsp3) is 0.625. The number of thioether (sulfide) groups is 1. The van der Waals surface area contributed by atoms with Crippen LogP contribution >= 0.6 is 11.8 Å². The van der Waals surface area contributed by atoms with Crippen LogP contribution in [-0.2, 0) is 16.1 Å². The molecule has 1 saturated carbocycles. The van der Waals surface area contributed by atoms with Gasteiger partial charge in [-0.3, -0.25) is 14.2 Å². The maximum atomic E-state index is 13.1. The van der Waals surface area contributed by atoms with Crippen LogP contribution in [0, 0.1) is 11.8 Å². The lowest BCUT2D eigenvalue weighted by atomic mass is 9.78. The molecule has 0 bridgehead atoms. The van der Waals surface area contributed by atoms with Crippen LogP contribution in [0.1, 0.15) is 53.4 Å². The summed E-state index contributed by atoms with van der Waals surface area (Å²) in [7, 11) is 0. The van der Waals surface area contributed by atoms with Gasteiger partial charge in [0.2, 0.25) is 5.91 Å². The number of nitrogens with zero attached hydrogens (tertiary/aromatic N) is 2. The van der Waals surface area contributed by atoms with Gasteiger partial charge in [-0.15, -0.1) is 0 Å². The number of aromatic nitrogens is 2. The van der Waals surface area contributed by atoms with E-state index in [1.54, 1.807) is 10.6 Å². The van der Waals surface area contributed by atoms with E-state index in [1.807, 2.05) is 32.0 Å². The zero-order valence-corrected chi connectivity index (χ0v) is 19.9. The lowest BCUT2D eigenvalue weighted by molar-refractivity contribution is -0.121. The third-order valence-corrected chi connectivity index (χ3v) is 7.48. The third-order valence-electron chi connectivity index (χ3n) is 6.39. The van der Waals surface area contributed by atoms with E-state index in [0.29, 0.717) is 47.7 Å². The maximum absolute atomic E-state index is 13.1. The zero-order chi connectivity index (χ0) is 22.4. The van der Waals surface area contributed by atoms with Crippen LogP contribution in [0.2, 0.25) is 0 Å². The molecule has 1 heterocycles. The number of para-hydroxylation sites is 1. The molecule has 1 aliphatic rings. The average Bonchev–Trinajstić information content (AvgIpc) is 2.76. The summed E-state index contributed by atoms with van der Waals surface area (Å²) in [6.07, 6.45) is 4.14. The van der Waals surface area contributed by atoms with Gasteiger partial charge in [-0.1, -0.05) is 50.6 Å². The lowest BCUT2D eigenvalue weighted by Crippen LogP contribution is -2.46. The van der Waals surface area contributed by atoms with Gasteiger partial charge >= 0.3 is 0 Å². The first-order chi connectivity index (χ1) is 14.9.